The summed E-state index contributed by atoms with van der Waals surface area (Å²) in [5, 5.41) is 10.2. The lowest BCUT2D eigenvalue weighted by molar-refractivity contribution is -0.389. The van der Waals surface area contributed by atoms with Gasteiger partial charge in [-0.2, -0.15) is 0 Å². The van der Waals surface area contributed by atoms with Crippen molar-refractivity contribution in [1.82, 2.24) is 4.98 Å². The molecule has 0 N–H and O–H groups in total. The van der Waals surface area contributed by atoms with Gasteiger partial charge in [0.1, 0.15) is 6.20 Å². The molecule has 0 spiro atoms. The summed E-state index contributed by atoms with van der Waals surface area (Å²) in [7, 11) is 0. The van der Waals surface area contributed by atoms with Crippen LogP contribution in [0.1, 0.15) is 5.56 Å². The van der Waals surface area contributed by atoms with Gasteiger partial charge in [-0.25, -0.2) is 0 Å². The molecule has 0 aliphatic heterocycles. The number of nitro groups is 1. The molecule has 5 heteroatoms. The molecule has 0 unspecified atom stereocenters. The van der Waals surface area contributed by atoms with E-state index >= 15 is 0 Å². The molecule has 0 aliphatic carbocycles. The van der Waals surface area contributed by atoms with Crippen LogP contribution >= 0.6 is 11.6 Å². The molecule has 0 amide bonds. The van der Waals surface area contributed by atoms with E-state index in [1.54, 1.807) is 18.2 Å². The first-order valence-electron chi connectivity index (χ1n) is 3.57. The largest absolute Gasteiger partial charge is 0.363 e. The maximum absolute atomic E-state index is 10.2. The predicted molar refractivity (Wildman–Crippen MR) is 50.6 cm³/mol. The number of halogens is 1. The summed E-state index contributed by atoms with van der Waals surface area (Å²) >= 11 is 5.42. The Morgan fingerprint density at radius 1 is 1.62 bits per heavy atom. The lowest BCUT2D eigenvalue weighted by Gasteiger charge is -1.91. The van der Waals surface area contributed by atoms with Gasteiger partial charge < -0.3 is 10.1 Å². The van der Waals surface area contributed by atoms with Crippen LogP contribution in [0, 0.1) is 10.1 Å². The van der Waals surface area contributed by atoms with Crippen molar-refractivity contribution in [2.24, 2.45) is 0 Å². The number of allylic oxidation sites excluding steroid dienone is 1. The van der Waals surface area contributed by atoms with E-state index in [1.807, 2.05) is 0 Å². The summed E-state index contributed by atoms with van der Waals surface area (Å²) in [5.41, 5.74) is 0.797. The molecule has 0 aromatic carbocycles. The van der Waals surface area contributed by atoms with E-state index < -0.39 is 4.92 Å². The van der Waals surface area contributed by atoms with E-state index in [0.717, 1.165) is 5.56 Å². The highest BCUT2D eigenvalue weighted by atomic mass is 35.5. The first-order chi connectivity index (χ1) is 6.24. The molecule has 0 aliphatic rings. The third-order valence-corrected chi connectivity index (χ3v) is 1.54. The SMILES string of the molecule is O=[N+]([O-])c1ccc(C=CCCl)cn1. The van der Waals surface area contributed by atoms with E-state index in [0.29, 0.717) is 5.88 Å². The van der Waals surface area contributed by atoms with Crippen molar-refractivity contribution in [3.8, 4) is 0 Å². The standard InChI is InChI=1S/C8H7ClN2O2/c9-5-1-2-7-3-4-8(10-6-7)11(12)13/h1-4,6H,5H2. The lowest BCUT2D eigenvalue weighted by atomic mass is 10.2. The van der Waals surface area contributed by atoms with Crippen molar-refractivity contribution >= 4 is 23.5 Å². The Morgan fingerprint density at radius 2 is 2.38 bits per heavy atom. The highest BCUT2D eigenvalue weighted by Gasteiger charge is 2.03. The Kier molecular flexibility index (Phi) is 3.40. The van der Waals surface area contributed by atoms with Crippen LogP contribution in [0.5, 0.6) is 0 Å². The number of aromatic nitrogens is 1. The zero-order chi connectivity index (χ0) is 9.68. The van der Waals surface area contributed by atoms with Gasteiger partial charge in [-0.05, 0) is 16.0 Å². The molecule has 0 saturated heterocycles. The van der Waals surface area contributed by atoms with Crippen molar-refractivity contribution in [3.05, 3.63) is 40.1 Å². The summed E-state index contributed by atoms with van der Waals surface area (Å²) < 4.78 is 0. The van der Waals surface area contributed by atoms with Crippen LogP contribution in [0.2, 0.25) is 0 Å². The summed E-state index contributed by atoms with van der Waals surface area (Å²) in [4.78, 5) is 13.3. The summed E-state index contributed by atoms with van der Waals surface area (Å²) in [5.74, 6) is 0.264. The van der Waals surface area contributed by atoms with Gasteiger partial charge in [-0.3, -0.25) is 0 Å². The van der Waals surface area contributed by atoms with E-state index in [1.165, 1.54) is 12.3 Å². The molecule has 1 aromatic heterocycles. The quantitative estimate of drug-likeness (QED) is 0.425. The first kappa shape index (κ1) is 9.67. The summed E-state index contributed by atoms with van der Waals surface area (Å²) in [6.45, 7) is 0. The zero-order valence-corrected chi connectivity index (χ0v) is 7.44. The number of nitrogens with zero attached hydrogens (tertiary/aromatic N) is 2. The predicted octanol–water partition coefficient (Wildman–Crippen LogP) is 2.24. The average molecular weight is 199 g/mol. The number of alkyl halides is 1. The van der Waals surface area contributed by atoms with Gasteiger partial charge in [0.05, 0.1) is 0 Å². The lowest BCUT2D eigenvalue weighted by Crippen LogP contribution is -1.90. The van der Waals surface area contributed by atoms with Crippen LogP contribution in [0.25, 0.3) is 6.08 Å². The first-order valence-corrected chi connectivity index (χ1v) is 4.10. The maximum atomic E-state index is 10.2. The Bertz CT molecular complexity index is 321. The van der Waals surface area contributed by atoms with Crippen LogP contribution in [0.4, 0.5) is 5.82 Å². The molecule has 0 saturated carbocycles. The van der Waals surface area contributed by atoms with Crippen LogP contribution in [-0.4, -0.2) is 15.8 Å². The van der Waals surface area contributed by atoms with Gasteiger partial charge in [0.2, 0.25) is 0 Å². The normalized spacial score (nSPS) is 10.5. The minimum absolute atomic E-state index is 0.150. The Morgan fingerprint density at radius 3 is 2.85 bits per heavy atom. The molecule has 68 valence electrons. The van der Waals surface area contributed by atoms with E-state index in [9.17, 15) is 10.1 Å². The van der Waals surface area contributed by atoms with E-state index in [-0.39, 0.29) is 5.82 Å². The second-order valence-electron chi connectivity index (χ2n) is 2.26. The fourth-order valence-corrected chi connectivity index (χ4v) is 0.874. The van der Waals surface area contributed by atoms with Crippen molar-refractivity contribution in [2.45, 2.75) is 0 Å². The number of hydrogen-bond donors (Lipinski definition) is 0. The summed E-state index contributed by atoms with van der Waals surface area (Å²) in [6, 6.07) is 2.97. The van der Waals surface area contributed by atoms with Gasteiger partial charge in [0.15, 0.2) is 0 Å². The van der Waals surface area contributed by atoms with Gasteiger partial charge >= 0.3 is 5.82 Å². The highest BCUT2D eigenvalue weighted by Crippen LogP contribution is 2.08. The molecule has 0 radical (unpaired) electrons. The molecule has 0 bridgehead atoms. The monoisotopic (exact) mass is 198 g/mol. The zero-order valence-electron chi connectivity index (χ0n) is 6.68. The molecular formula is C8H7ClN2O2. The third kappa shape index (κ3) is 2.83. The van der Waals surface area contributed by atoms with Gasteiger partial charge in [0.25, 0.3) is 0 Å². The molecule has 1 rings (SSSR count). The third-order valence-electron chi connectivity index (χ3n) is 1.36. The van der Waals surface area contributed by atoms with Crippen molar-refractivity contribution in [1.29, 1.82) is 0 Å². The fourth-order valence-electron chi connectivity index (χ4n) is 0.785. The van der Waals surface area contributed by atoms with Gasteiger partial charge in [0, 0.05) is 17.5 Å². The topological polar surface area (TPSA) is 56.0 Å². The van der Waals surface area contributed by atoms with Crippen LogP contribution in [0.3, 0.4) is 0 Å². The molecule has 13 heavy (non-hydrogen) atoms. The second kappa shape index (κ2) is 4.57. The second-order valence-corrected chi connectivity index (χ2v) is 2.57. The Balaban J connectivity index is 2.81. The van der Waals surface area contributed by atoms with Crippen molar-refractivity contribution < 1.29 is 4.92 Å². The fraction of sp³-hybridized carbons (Fsp3) is 0.125. The van der Waals surface area contributed by atoms with E-state index in [4.69, 9.17) is 11.6 Å². The molecular weight excluding hydrogens is 192 g/mol. The Hall–Kier alpha value is -1.42. The Labute approximate surface area is 80.0 Å². The van der Waals surface area contributed by atoms with Crippen LogP contribution in [-0.2, 0) is 0 Å². The molecule has 1 aromatic rings. The minimum Gasteiger partial charge on any atom is -0.358 e. The number of rotatable bonds is 3. The number of hydrogen-bond acceptors (Lipinski definition) is 3. The van der Waals surface area contributed by atoms with Crippen LogP contribution in [0.15, 0.2) is 24.4 Å². The smallest absolute Gasteiger partial charge is 0.358 e. The van der Waals surface area contributed by atoms with E-state index in [2.05, 4.69) is 4.98 Å². The molecule has 0 atom stereocenters. The average Bonchev–Trinajstić information content (AvgIpc) is 2.15. The molecule has 0 fully saturated rings. The van der Waals surface area contributed by atoms with Crippen molar-refractivity contribution in [3.63, 3.8) is 0 Å². The highest BCUT2D eigenvalue weighted by molar-refractivity contribution is 6.19. The molecule has 1 heterocycles. The van der Waals surface area contributed by atoms with Crippen molar-refractivity contribution in [2.75, 3.05) is 5.88 Å². The van der Waals surface area contributed by atoms with Gasteiger partial charge in [-0.1, -0.05) is 12.2 Å². The van der Waals surface area contributed by atoms with Gasteiger partial charge in [-0.15, -0.1) is 11.6 Å². The summed E-state index contributed by atoms with van der Waals surface area (Å²) in [6.07, 6.45) is 4.93. The minimum atomic E-state index is -0.533. The molecule has 4 nitrogen and oxygen atoms in total. The van der Waals surface area contributed by atoms with Crippen LogP contribution < -0.4 is 0 Å². The maximum Gasteiger partial charge on any atom is 0.363 e. The number of pyridine rings is 1.